The molecule has 0 aliphatic rings. The topological polar surface area (TPSA) is 72.0 Å². The van der Waals surface area contributed by atoms with Crippen molar-refractivity contribution in [3.8, 4) is 5.75 Å². The highest BCUT2D eigenvalue weighted by molar-refractivity contribution is 6.33. The largest absolute Gasteiger partial charge is 0.495 e. The third kappa shape index (κ3) is 3.84. The standard InChI is InChI=1S/C16H13Cl2N5O/c1-24-14-7-6-10(8-12(14)18)20-16-22-15(9-19-23-16)21-13-5-3-2-4-11(13)17/h2-9H,1H3,(H2,20,21,22,23). The number of nitrogens with zero attached hydrogens (tertiary/aromatic N) is 3. The predicted molar refractivity (Wildman–Crippen MR) is 95.8 cm³/mol. The van der Waals surface area contributed by atoms with E-state index in [-0.39, 0.29) is 0 Å². The number of nitrogens with one attached hydrogen (secondary N) is 2. The summed E-state index contributed by atoms with van der Waals surface area (Å²) in [6, 6.07) is 12.6. The molecular weight excluding hydrogens is 349 g/mol. The van der Waals surface area contributed by atoms with Gasteiger partial charge in [-0.15, -0.1) is 5.10 Å². The maximum Gasteiger partial charge on any atom is 0.249 e. The Labute approximate surface area is 148 Å². The lowest BCUT2D eigenvalue weighted by Crippen LogP contribution is -2.02. The van der Waals surface area contributed by atoms with E-state index in [4.69, 9.17) is 27.9 Å². The number of rotatable bonds is 5. The summed E-state index contributed by atoms with van der Waals surface area (Å²) in [5, 5.41) is 15.1. The van der Waals surface area contributed by atoms with Gasteiger partial charge in [0.25, 0.3) is 0 Å². The molecule has 2 N–H and O–H groups in total. The van der Waals surface area contributed by atoms with Crippen molar-refractivity contribution in [1.82, 2.24) is 15.2 Å². The number of halogens is 2. The van der Waals surface area contributed by atoms with E-state index < -0.39 is 0 Å². The smallest absolute Gasteiger partial charge is 0.249 e. The summed E-state index contributed by atoms with van der Waals surface area (Å²) < 4.78 is 5.12. The van der Waals surface area contributed by atoms with Crippen molar-refractivity contribution in [3.63, 3.8) is 0 Å². The van der Waals surface area contributed by atoms with Crippen molar-refractivity contribution in [2.75, 3.05) is 17.7 Å². The van der Waals surface area contributed by atoms with Gasteiger partial charge in [-0.05, 0) is 30.3 Å². The van der Waals surface area contributed by atoms with Crippen LogP contribution in [-0.4, -0.2) is 22.3 Å². The lowest BCUT2D eigenvalue weighted by Gasteiger charge is -2.09. The molecule has 0 fully saturated rings. The summed E-state index contributed by atoms with van der Waals surface area (Å²) in [5.41, 5.74) is 1.45. The molecule has 0 atom stereocenters. The molecule has 1 aromatic heterocycles. The van der Waals surface area contributed by atoms with E-state index in [9.17, 15) is 0 Å². The minimum absolute atomic E-state index is 0.327. The number of hydrogen-bond acceptors (Lipinski definition) is 6. The van der Waals surface area contributed by atoms with E-state index in [1.165, 1.54) is 6.20 Å². The first-order valence-corrected chi connectivity index (χ1v) is 7.73. The fourth-order valence-corrected chi connectivity index (χ4v) is 2.43. The van der Waals surface area contributed by atoms with E-state index in [0.717, 1.165) is 11.4 Å². The van der Waals surface area contributed by atoms with Crippen LogP contribution in [0.25, 0.3) is 0 Å². The Morgan fingerprint density at radius 2 is 1.83 bits per heavy atom. The molecule has 3 aromatic rings. The second-order valence-corrected chi connectivity index (χ2v) is 5.56. The van der Waals surface area contributed by atoms with Gasteiger partial charge in [0.15, 0.2) is 5.82 Å². The van der Waals surface area contributed by atoms with Crippen molar-refractivity contribution in [3.05, 3.63) is 58.7 Å². The zero-order valence-electron chi connectivity index (χ0n) is 12.6. The second-order valence-electron chi connectivity index (χ2n) is 4.74. The molecule has 8 heteroatoms. The van der Waals surface area contributed by atoms with Crippen molar-refractivity contribution >= 4 is 46.3 Å². The summed E-state index contributed by atoms with van der Waals surface area (Å²) in [7, 11) is 1.56. The molecule has 3 rings (SSSR count). The van der Waals surface area contributed by atoms with Crippen LogP contribution in [0.15, 0.2) is 48.7 Å². The normalized spacial score (nSPS) is 10.3. The second kappa shape index (κ2) is 7.33. The highest BCUT2D eigenvalue weighted by atomic mass is 35.5. The highest BCUT2D eigenvalue weighted by Gasteiger charge is 2.06. The number of benzene rings is 2. The molecule has 1 heterocycles. The molecule has 6 nitrogen and oxygen atoms in total. The number of ether oxygens (including phenoxy) is 1. The molecular formula is C16H13Cl2N5O. The third-order valence-corrected chi connectivity index (χ3v) is 3.73. The maximum absolute atomic E-state index is 6.12. The molecule has 0 spiro atoms. The number of hydrogen-bond donors (Lipinski definition) is 2. The van der Waals surface area contributed by atoms with Gasteiger partial charge in [0, 0.05) is 5.69 Å². The lowest BCUT2D eigenvalue weighted by molar-refractivity contribution is 0.415. The van der Waals surface area contributed by atoms with Crippen LogP contribution in [0, 0.1) is 0 Å². The number of para-hydroxylation sites is 1. The van der Waals surface area contributed by atoms with Gasteiger partial charge in [-0.1, -0.05) is 35.3 Å². The zero-order chi connectivity index (χ0) is 16.9. The molecule has 0 saturated heterocycles. The Hall–Kier alpha value is -2.57. The van der Waals surface area contributed by atoms with E-state index in [1.807, 2.05) is 24.3 Å². The first kappa shape index (κ1) is 16.3. The Balaban J connectivity index is 1.78. The molecule has 0 aliphatic heterocycles. The highest BCUT2D eigenvalue weighted by Crippen LogP contribution is 2.28. The predicted octanol–water partition coefficient (Wildman–Crippen LogP) is 4.67. The van der Waals surface area contributed by atoms with Crippen LogP contribution < -0.4 is 15.4 Å². The van der Waals surface area contributed by atoms with Crippen LogP contribution in [0.4, 0.5) is 23.1 Å². The quantitative estimate of drug-likeness (QED) is 0.687. The Morgan fingerprint density at radius 1 is 1.00 bits per heavy atom. The molecule has 24 heavy (non-hydrogen) atoms. The molecule has 0 bridgehead atoms. The van der Waals surface area contributed by atoms with Gasteiger partial charge in [-0.2, -0.15) is 10.1 Å². The number of aromatic nitrogens is 3. The molecule has 0 radical (unpaired) electrons. The van der Waals surface area contributed by atoms with Gasteiger partial charge >= 0.3 is 0 Å². The van der Waals surface area contributed by atoms with Gasteiger partial charge in [-0.25, -0.2) is 0 Å². The summed E-state index contributed by atoms with van der Waals surface area (Å²) >= 11 is 12.2. The Morgan fingerprint density at radius 3 is 2.58 bits per heavy atom. The number of methoxy groups -OCH3 is 1. The first-order chi connectivity index (χ1) is 11.7. The van der Waals surface area contributed by atoms with Crippen molar-refractivity contribution < 1.29 is 4.74 Å². The van der Waals surface area contributed by atoms with Gasteiger partial charge in [0.2, 0.25) is 5.95 Å². The lowest BCUT2D eigenvalue weighted by atomic mass is 10.3. The van der Waals surface area contributed by atoms with Crippen molar-refractivity contribution in [1.29, 1.82) is 0 Å². The van der Waals surface area contributed by atoms with Gasteiger partial charge in [0.05, 0.1) is 29.0 Å². The molecule has 0 saturated carbocycles. The summed E-state index contributed by atoms with van der Waals surface area (Å²) in [6.45, 7) is 0. The van der Waals surface area contributed by atoms with Crippen LogP contribution in [-0.2, 0) is 0 Å². The van der Waals surface area contributed by atoms with Crippen LogP contribution in [0.2, 0.25) is 10.0 Å². The van der Waals surface area contributed by atoms with Gasteiger partial charge < -0.3 is 15.4 Å². The maximum atomic E-state index is 6.12. The van der Waals surface area contributed by atoms with E-state index in [0.29, 0.717) is 27.6 Å². The molecule has 2 aromatic carbocycles. The van der Waals surface area contributed by atoms with Crippen LogP contribution in [0.1, 0.15) is 0 Å². The van der Waals surface area contributed by atoms with Crippen LogP contribution in [0.5, 0.6) is 5.75 Å². The average Bonchev–Trinajstić information content (AvgIpc) is 2.58. The average molecular weight is 362 g/mol. The zero-order valence-corrected chi connectivity index (χ0v) is 14.1. The first-order valence-electron chi connectivity index (χ1n) is 6.97. The molecule has 0 amide bonds. The fraction of sp³-hybridized carbons (Fsp3) is 0.0625. The Bertz CT molecular complexity index is 859. The van der Waals surface area contributed by atoms with Crippen molar-refractivity contribution in [2.24, 2.45) is 0 Å². The summed E-state index contributed by atoms with van der Waals surface area (Å²) in [5.74, 6) is 1.43. The summed E-state index contributed by atoms with van der Waals surface area (Å²) in [4.78, 5) is 4.35. The third-order valence-electron chi connectivity index (χ3n) is 3.10. The van der Waals surface area contributed by atoms with Crippen LogP contribution >= 0.6 is 23.2 Å². The number of anilines is 4. The van der Waals surface area contributed by atoms with E-state index in [1.54, 1.807) is 25.3 Å². The monoisotopic (exact) mass is 361 g/mol. The van der Waals surface area contributed by atoms with Crippen molar-refractivity contribution in [2.45, 2.75) is 0 Å². The SMILES string of the molecule is COc1ccc(Nc2nncc(Nc3ccccc3Cl)n2)cc1Cl. The molecule has 0 unspecified atom stereocenters. The van der Waals surface area contributed by atoms with Crippen LogP contribution in [0.3, 0.4) is 0 Å². The minimum atomic E-state index is 0.327. The van der Waals surface area contributed by atoms with Gasteiger partial charge in [-0.3, -0.25) is 0 Å². The Kier molecular flexibility index (Phi) is 4.98. The minimum Gasteiger partial charge on any atom is -0.495 e. The summed E-state index contributed by atoms with van der Waals surface area (Å²) in [6.07, 6.45) is 1.51. The van der Waals surface area contributed by atoms with Gasteiger partial charge in [0.1, 0.15) is 5.75 Å². The van der Waals surface area contributed by atoms with E-state index in [2.05, 4.69) is 25.8 Å². The molecule has 0 aliphatic carbocycles. The molecule has 122 valence electrons. The van der Waals surface area contributed by atoms with E-state index >= 15 is 0 Å². The fourth-order valence-electron chi connectivity index (χ4n) is 1.99.